The Kier molecular flexibility index (Phi) is 2.19. The summed E-state index contributed by atoms with van der Waals surface area (Å²) in [5.41, 5.74) is 6.96. The van der Waals surface area contributed by atoms with Crippen molar-refractivity contribution in [3.05, 3.63) is 23.9 Å². The van der Waals surface area contributed by atoms with E-state index in [9.17, 15) is 0 Å². The Morgan fingerprint density at radius 1 is 1.54 bits per heavy atom. The topological polar surface area (TPSA) is 42.1 Å². The van der Waals surface area contributed by atoms with Crippen LogP contribution in [0.1, 0.15) is 24.9 Å². The molecule has 2 N–H and O–H groups in total. The molecule has 1 aliphatic rings. The molecule has 1 aliphatic heterocycles. The van der Waals surface area contributed by atoms with Crippen LogP contribution in [0, 0.1) is 0 Å². The van der Waals surface area contributed by atoms with Gasteiger partial charge in [-0.05, 0) is 31.0 Å². The highest BCUT2D eigenvalue weighted by atomic mass is 15.2. The normalized spacial score (nSPS) is 18.2. The third-order valence-electron chi connectivity index (χ3n) is 2.48. The van der Waals surface area contributed by atoms with Crippen LogP contribution < -0.4 is 10.6 Å². The van der Waals surface area contributed by atoms with Crippen LogP contribution in [-0.2, 0) is 0 Å². The summed E-state index contributed by atoms with van der Waals surface area (Å²) >= 11 is 0. The number of hydrogen-bond acceptors (Lipinski definition) is 3. The summed E-state index contributed by atoms with van der Waals surface area (Å²) in [5, 5.41) is 0. The summed E-state index contributed by atoms with van der Waals surface area (Å²) in [6, 6.07) is 4.17. The second-order valence-electron chi connectivity index (χ2n) is 3.58. The van der Waals surface area contributed by atoms with Crippen molar-refractivity contribution in [2.24, 2.45) is 5.73 Å². The van der Waals surface area contributed by atoms with Gasteiger partial charge in [0.25, 0.3) is 0 Å². The molecule has 1 aromatic heterocycles. The van der Waals surface area contributed by atoms with Gasteiger partial charge in [-0.25, -0.2) is 4.98 Å². The maximum Gasteiger partial charge on any atom is 0.128 e. The number of anilines is 1. The maximum atomic E-state index is 5.80. The fourth-order valence-electron chi connectivity index (χ4n) is 1.44. The van der Waals surface area contributed by atoms with Crippen molar-refractivity contribution >= 4 is 5.82 Å². The lowest BCUT2D eigenvalue weighted by Gasteiger charge is -2.32. The molecule has 13 heavy (non-hydrogen) atoms. The summed E-state index contributed by atoms with van der Waals surface area (Å²) in [7, 11) is 0. The second kappa shape index (κ2) is 3.34. The number of aromatic nitrogens is 1. The fraction of sp³-hybridized carbons (Fsp3) is 0.500. The SMILES string of the molecule is CC(N)c1ccnc(N2CCC2)c1. The summed E-state index contributed by atoms with van der Waals surface area (Å²) in [6.45, 7) is 4.26. The van der Waals surface area contributed by atoms with E-state index >= 15 is 0 Å². The first-order valence-electron chi connectivity index (χ1n) is 4.74. The van der Waals surface area contributed by atoms with Crippen molar-refractivity contribution in [2.45, 2.75) is 19.4 Å². The molecule has 0 aromatic carbocycles. The first-order chi connectivity index (χ1) is 6.27. The highest BCUT2D eigenvalue weighted by molar-refractivity contribution is 5.43. The number of nitrogens with two attached hydrogens (primary N) is 1. The molecule has 2 heterocycles. The van der Waals surface area contributed by atoms with Gasteiger partial charge in [-0.3, -0.25) is 0 Å². The average Bonchev–Trinajstić information content (AvgIpc) is 2.01. The highest BCUT2D eigenvalue weighted by Crippen LogP contribution is 2.20. The summed E-state index contributed by atoms with van der Waals surface area (Å²) in [5.74, 6) is 1.07. The van der Waals surface area contributed by atoms with Crippen molar-refractivity contribution in [3.8, 4) is 0 Å². The molecular formula is C10H15N3. The van der Waals surface area contributed by atoms with Gasteiger partial charge < -0.3 is 10.6 Å². The van der Waals surface area contributed by atoms with Gasteiger partial charge in [-0.1, -0.05) is 0 Å². The van der Waals surface area contributed by atoms with Crippen LogP contribution in [0.5, 0.6) is 0 Å². The minimum atomic E-state index is 0.100. The van der Waals surface area contributed by atoms with Crippen LogP contribution in [0.25, 0.3) is 0 Å². The molecule has 0 amide bonds. The number of pyridine rings is 1. The van der Waals surface area contributed by atoms with E-state index in [0.29, 0.717) is 0 Å². The average molecular weight is 177 g/mol. The zero-order valence-electron chi connectivity index (χ0n) is 7.90. The molecule has 1 fully saturated rings. The number of hydrogen-bond donors (Lipinski definition) is 1. The molecular weight excluding hydrogens is 162 g/mol. The predicted molar refractivity (Wildman–Crippen MR) is 53.7 cm³/mol. The van der Waals surface area contributed by atoms with Crippen LogP contribution in [0.3, 0.4) is 0 Å². The second-order valence-corrected chi connectivity index (χ2v) is 3.58. The minimum absolute atomic E-state index is 0.100. The highest BCUT2D eigenvalue weighted by Gasteiger charge is 2.15. The van der Waals surface area contributed by atoms with E-state index in [1.165, 1.54) is 6.42 Å². The van der Waals surface area contributed by atoms with Crippen LogP contribution in [0.15, 0.2) is 18.3 Å². The molecule has 1 unspecified atom stereocenters. The number of rotatable bonds is 2. The largest absolute Gasteiger partial charge is 0.356 e. The van der Waals surface area contributed by atoms with Crippen LogP contribution in [-0.4, -0.2) is 18.1 Å². The Morgan fingerprint density at radius 3 is 2.85 bits per heavy atom. The molecule has 1 saturated heterocycles. The molecule has 0 saturated carbocycles. The lowest BCUT2D eigenvalue weighted by atomic mass is 10.1. The smallest absolute Gasteiger partial charge is 0.128 e. The maximum absolute atomic E-state index is 5.80. The molecule has 0 aliphatic carbocycles. The molecule has 3 nitrogen and oxygen atoms in total. The quantitative estimate of drug-likeness (QED) is 0.740. The monoisotopic (exact) mass is 177 g/mol. The van der Waals surface area contributed by atoms with Crippen molar-refractivity contribution in [3.63, 3.8) is 0 Å². The number of nitrogens with zero attached hydrogens (tertiary/aromatic N) is 2. The van der Waals surface area contributed by atoms with E-state index < -0.39 is 0 Å². The van der Waals surface area contributed by atoms with Crippen LogP contribution >= 0.6 is 0 Å². The van der Waals surface area contributed by atoms with E-state index in [-0.39, 0.29) is 6.04 Å². The Hall–Kier alpha value is -1.09. The molecule has 3 heteroatoms. The van der Waals surface area contributed by atoms with E-state index in [0.717, 1.165) is 24.5 Å². The molecule has 0 bridgehead atoms. The molecule has 2 rings (SSSR count). The van der Waals surface area contributed by atoms with E-state index in [2.05, 4.69) is 16.0 Å². The third kappa shape index (κ3) is 1.65. The lowest BCUT2D eigenvalue weighted by molar-refractivity contribution is 0.608. The standard InChI is InChI=1S/C10H15N3/c1-8(11)9-3-4-12-10(7-9)13-5-2-6-13/h3-4,7-8H,2,5-6,11H2,1H3. The van der Waals surface area contributed by atoms with Crippen molar-refractivity contribution in [2.75, 3.05) is 18.0 Å². The molecule has 0 spiro atoms. The molecule has 0 radical (unpaired) electrons. The Bertz CT molecular complexity index is 292. The minimum Gasteiger partial charge on any atom is -0.356 e. The Balaban J connectivity index is 2.21. The van der Waals surface area contributed by atoms with Gasteiger partial charge >= 0.3 is 0 Å². The van der Waals surface area contributed by atoms with Gasteiger partial charge in [0.15, 0.2) is 0 Å². The Labute approximate surface area is 78.6 Å². The Morgan fingerprint density at radius 2 is 2.31 bits per heavy atom. The summed E-state index contributed by atoms with van der Waals surface area (Å²) in [4.78, 5) is 6.58. The van der Waals surface area contributed by atoms with Gasteiger partial charge in [0.05, 0.1) is 0 Å². The van der Waals surface area contributed by atoms with E-state index in [1.54, 1.807) is 0 Å². The van der Waals surface area contributed by atoms with Crippen molar-refractivity contribution in [1.82, 2.24) is 4.98 Å². The van der Waals surface area contributed by atoms with E-state index in [1.807, 2.05) is 19.2 Å². The summed E-state index contributed by atoms with van der Waals surface area (Å²) < 4.78 is 0. The zero-order chi connectivity index (χ0) is 9.26. The molecule has 1 aromatic rings. The first-order valence-corrected chi connectivity index (χ1v) is 4.74. The molecule has 70 valence electrons. The first kappa shape index (κ1) is 8.51. The third-order valence-corrected chi connectivity index (χ3v) is 2.48. The van der Waals surface area contributed by atoms with Gasteiger partial charge in [-0.15, -0.1) is 0 Å². The van der Waals surface area contributed by atoms with Crippen LogP contribution in [0.2, 0.25) is 0 Å². The fourth-order valence-corrected chi connectivity index (χ4v) is 1.44. The van der Waals surface area contributed by atoms with Gasteiger partial charge in [0.1, 0.15) is 5.82 Å². The van der Waals surface area contributed by atoms with E-state index in [4.69, 9.17) is 5.73 Å². The predicted octanol–water partition coefficient (Wildman–Crippen LogP) is 1.31. The van der Waals surface area contributed by atoms with Crippen molar-refractivity contribution in [1.29, 1.82) is 0 Å². The van der Waals surface area contributed by atoms with Crippen LogP contribution in [0.4, 0.5) is 5.82 Å². The zero-order valence-corrected chi connectivity index (χ0v) is 7.90. The lowest BCUT2D eigenvalue weighted by Crippen LogP contribution is -2.37. The van der Waals surface area contributed by atoms with Gasteiger partial charge in [-0.2, -0.15) is 0 Å². The summed E-state index contributed by atoms with van der Waals surface area (Å²) in [6.07, 6.45) is 3.12. The van der Waals surface area contributed by atoms with Gasteiger partial charge in [0, 0.05) is 25.3 Å². The molecule has 1 atom stereocenters. The van der Waals surface area contributed by atoms with Crippen molar-refractivity contribution < 1.29 is 0 Å². The van der Waals surface area contributed by atoms with Gasteiger partial charge in [0.2, 0.25) is 0 Å².